The lowest BCUT2D eigenvalue weighted by molar-refractivity contribution is -0.121. The minimum atomic E-state index is 0.0523. The van der Waals surface area contributed by atoms with Gasteiger partial charge < -0.3 is 9.84 Å². The molecule has 1 aromatic carbocycles. The molecule has 116 valence electrons. The number of rotatable bonds is 3. The first-order chi connectivity index (χ1) is 10.8. The van der Waals surface area contributed by atoms with E-state index in [1.54, 1.807) is 0 Å². The molecule has 1 N–H and O–H groups in total. The van der Waals surface area contributed by atoms with E-state index in [0.29, 0.717) is 18.5 Å². The first-order valence-electron chi connectivity index (χ1n) is 8.18. The summed E-state index contributed by atoms with van der Waals surface area (Å²) in [7, 11) is 0. The summed E-state index contributed by atoms with van der Waals surface area (Å²) in [5.74, 6) is 0.0523. The molecule has 22 heavy (non-hydrogen) atoms. The molecule has 3 heterocycles. The number of amides is 1. The van der Waals surface area contributed by atoms with Crippen molar-refractivity contribution in [3.8, 4) is 0 Å². The fraction of sp³-hybridized carbons (Fsp3) is 0.529. The van der Waals surface area contributed by atoms with E-state index in [9.17, 15) is 4.79 Å². The normalized spacial score (nSPS) is 25.3. The van der Waals surface area contributed by atoms with Crippen molar-refractivity contribution in [2.45, 2.75) is 44.2 Å². The van der Waals surface area contributed by atoms with Crippen LogP contribution in [0.4, 0.5) is 0 Å². The Balaban J connectivity index is 1.42. The molecule has 5 nitrogen and oxygen atoms in total. The molecule has 2 aliphatic rings. The molecule has 2 atom stereocenters. The lowest BCUT2D eigenvalue weighted by Gasteiger charge is -2.32. The van der Waals surface area contributed by atoms with Gasteiger partial charge in [0.15, 0.2) is 5.58 Å². The van der Waals surface area contributed by atoms with Gasteiger partial charge in [0.05, 0.1) is 6.42 Å². The van der Waals surface area contributed by atoms with Crippen molar-refractivity contribution in [2.24, 2.45) is 0 Å². The van der Waals surface area contributed by atoms with E-state index < -0.39 is 0 Å². The van der Waals surface area contributed by atoms with Crippen LogP contribution in [0.15, 0.2) is 28.8 Å². The smallest absolute Gasteiger partial charge is 0.226 e. The molecule has 2 saturated heterocycles. The summed E-state index contributed by atoms with van der Waals surface area (Å²) in [5.41, 5.74) is 1.47. The number of hydrogen-bond donors (Lipinski definition) is 1. The number of carbonyl (C=O) groups is 1. The van der Waals surface area contributed by atoms with Crippen LogP contribution < -0.4 is 5.32 Å². The van der Waals surface area contributed by atoms with Crippen molar-refractivity contribution in [1.82, 2.24) is 15.4 Å². The zero-order valence-corrected chi connectivity index (χ0v) is 12.6. The molecule has 2 aromatic rings. The fourth-order valence-corrected chi connectivity index (χ4v) is 3.89. The number of nitrogens with one attached hydrogen (secondary N) is 1. The first-order valence-corrected chi connectivity index (χ1v) is 8.18. The molecule has 2 aliphatic heterocycles. The van der Waals surface area contributed by atoms with Crippen molar-refractivity contribution in [2.75, 3.05) is 13.1 Å². The second kappa shape index (κ2) is 5.72. The van der Waals surface area contributed by atoms with E-state index in [-0.39, 0.29) is 5.91 Å². The number of aromatic nitrogens is 1. The van der Waals surface area contributed by atoms with E-state index in [1.807, 2.05) is 24.3 Å². The fourth-order valence-electron chi connectivity index (χ4n) is 3.89. The van der Waals surface area contributed by atoms with Gasteiger partial charge in [0.1, 0.15) is 5.69 Å². The summed E-state index contributed by atoms with van der Waals surface area (Å²) in [6, 6.07) is 8.51. The van der Waals surface area contributed by atoms with Crippen LogP contribution in [0.2, 0.25) is 0 Å². The zero-order valence-electron chi connectivity index (χ0n) is 12.6. The Morgan fingerprint density at radius 1 is 1.27 bits per heavy atom. The van der Waals surface area contributed by atoms with Crippen LogP contribution >= 0.6 is 0 Å². The van der Waals surface area contributed by atoms with Crippen LogP contribution in [-0.2, 0) is 11.2 Å². The van der Waals surface area contributed by atoms with E-state index in [2.05, 4.69) is 15.4 Å². The maximum absolute atomic E-state index is 12.4. The van der Waals surface area contributed by atoms with Gasteiger partial charge >= 0.3 is 0 Å². The number of para-hydroxylation sites is 1. The van der Waals surface area contributed by atoms with Crippen molar-refractivity contribution in [3.63, 3.8) is 0 Å². The molecule has 1 aromatic heterocycles. The molecule has 1 amide bonds. The second-order valence-electron chi connectivity index (χ2n) is 6.36. The Morgan fingerprint density at radius 3 is 3.14 bits per heavy atom. The van der Waals surface area contributed by atoms with Gasteiger partial charge in [-0.2, -0.15) is 0 Å². The number of carbonyl (C=O) groups excluding carboxylic acids is 1. The quantitative estimate of drug-likeness (QED) is 0.943. The third-order valence-electron chi connectivity index (χ3n) is 4.98. The van der Waals surface area contributed by atoms with E-state index >= 15 is 0 Å². The van der Waals surface area contributed by atoms with Crippen molar-refractivity contribution in [3.05, 3.63) is 30.0 Å². The Hall–Kier alpha value is -1.88. The highest BCUT2D eigenvalue weighted by Gasteiger charge is 2.36. The van der Waals surface area contributed by atoms with E-state index in [0.717, 1.165) is 29.6 Å². The Kier molecular flexibility index (Phi) is 3.58. The minimum absolute atomic E-state index is 0.0523. The van der Waals surface area contributed by atoms with Gasteiger partial charge in [0.2, 0.25) is 5.91 Å². The lowest BCUT2D eigenvalue weighted by Crippen LogP contribution is -2.47. The van der Waals surface area contributed by atoms with Crippen LogP contribution in [0.5, 0.6) is 0 Å². The zero-order chi connectivity index (χ0) is 14.9. The predicted octanol–water partition coefficient (Wildman–Crippen LogP) is 2.11. The molecule has 0 unspecified atom stereocenters. The van der Waals surface area contributed by atoms with Gasteiger partial charge in [-0.05, 0) is 37.9 Å². The summed E-state index contributed by atoms with van der Waals surface area (Å²) in [5, 5.41) is 8.20. The molecular weight excluding hydrogens is 278 g/mol. The Bertz CT molecular complexity index is 681. The van der Waals surface area contributed by atoms with Crippen LogP contribution in [0.1, 0.15) is 31.4 Å². The lowest BCUT2D eigenvalue weighted by atomic mass is 9.99. The topological polar surface area (TPSA) is 58.4 Å². The van der Waals surface area contributed by atoms with Crippen molar-refractivity contribution >= 4 is 16.9 Å². The standard InChI is InChI=1S/C17H21N3O2/c21-17(11-14-12-5-1-2-7-16(12)22-19-14)18-13-8-10-20-9-4-3-6-15(13)20/h1-2,5,7,13,15H,3-4,6,8-11H2,(H,18,21)/t13-,15-/m1/s1. The number of nitrogens with zero attached hydrogens (tertiary/aromatic N) is 2. The first kappa shape index (κ1) is 13.8. The summed E-state index contributed by atoms with van der Waals surface area (Å²) in [6.07, 6.45) is 5.14. The van der Waals surface area contributed by atoms with Crippen molar-refractivity contribution in [1.29, 1.82) is 0 Å². The third-order valence-corrected chi connectivity index (χ3v) is 4.98. The number of piperidine rings is 1. The predicted molar refractivity (Wildman–Crippen MR) is 83.5 cm³/mol. The summed E-state index contributed by atoms with van der Waals surface area (Å²) >= 11 is 0. The molecule has 4 rings (SSSR count). The summed E-state index contributed by atoms with van der Waals surface area (Å²) in [4.78, 5) is 14.9. The van der Waals surface area contributed by atoms with Gasteiger partial charge in [0, 0.05) is 24.0 Å². The van der Waals surface area contributed by atoms with Gasteiger partial charge in [-0.1, -0.05) is 23.7 Å². The average Bonchev–Trinajstić information content (AvgIpc) is 3.13. The SMILES string of the molecule is O=C(Cc1noc2ccccc12)N[C@@H]1CCN2CCCC[C@H]12. The van der Waals surface area contributed by atoms with Gasteiger partial charge in [-0.25, -0.2) is 0 Å². The summed E-state index contributed by atoms with van der Waals surface area (Å²) < 4.78 is 5.27. The molecule has 0 aliphatic carbocycles. The molecule has 5 heteroatoms. The van der Waals surface area contributed by atoms with Crippen LogP contribution in [0, 0.1) is 0 Å². The molecule has 0 bridgehead atoms. The van der Waals surface area contributed by atoms with E-state index in [4.69, 9.17) is 4.52 Å². The van der Waals surface area contributed by atoms with Crippen LogP contribution in [0.3, 0.4) is 0 Å². The molecule has 2 fully saturated rings. The maximum Gasteiger partial charge on any atom is 0.226 e. The van der Waals surface area contributed by atoms with Gasteiger partial charge in [-0.3, -0.25) is 9.69 Å². The largest absolute Gasteiger partial charge is 0.356 e. The second-order valence-corrected chi connectivity index (χ2v) is 6.36. The highest BCUT2D eigenvalue weighted by Crippen LogP contribution is 2.27. The third kappa shape index (κ3) is 2.50. The Labute approximate surface area is 129 Å². The number of hydrogen-bond acceptors (Lipinski definition) is 4. The monoisotopic (exact) mass is 299 g/mol. The van der Waals surface area contributed by atoms with Crippen LogP contribution in [-0.4, -0.2) is 41.1 Å². The molecular formula is C17H21N3O2. The van der Waals surface area contributed by atoms with Gasteiger partial charge in [-0.15, -0.1) is 0 Å². The Morgan fingerprint density at radius 2 is 2.18 bits per heavy atom. The summed E-state index contributed by atoms with van der Waals surface area (Å²) in [6.45, 7) is 2.30. The number of benzene rings is 1. The minimum Gasteiger partial charge on any atom is -0.356 e. The van der Waals surface area contributed by atoms with Crippen LogP contribution in [0.25, 0.3) is 11.0 Å². The van der Waals surface area contributed by atoms with Gasteiger partial charge in [0.25, 0.3) is 0 Å². The molecule has 0 spiro atoms. The molecule has 0 saturated carbocycles. The van der Waals surface area contributed by atoms with E-state index in [1.165, 1.54) is 25.8 Å². The highest BCUT2D eigenvalue weighted by atomic mass is 16.5. The average molecular weight is 299 g/mol. The molecule has 0 radical (unpaired) electrons. The highest BCUT2D eigenvalue weighted by molar-refractivity contribution is 5.86. The number of fused-ring (bicyclic) bond motifs is 2. The van der Waals surface area contributed by atoms with Crippen molar-refractivity contribution < 1.29 is 9.32 Å². The maximum atomic E-state index is 12.4.